The van der Waals surface area contributed by atoms with Gasteiger partial charge in [-0.25, -0.2) is 0 Å². The molecule has 0 bridgehead atoms. The SMILES string of the molecule is O=C(O)CC1(CN2CCc3ccccc32)CC1. The highest BCUT2D eigenvalue weighted by Crippen LogP contribution is 2.50. The molecule has 1 fully saturated rings. The molecule has 0 unspecified atom stereocenters. The van der Waals surface area contributed by atoms with Crippen LogP contribution in [0.25, 0.3) is 0 Å². The van der Waals surface area contributed by atoms with Gasteiger partial charge in [0.1, 0.15) is 0 Å². The van der Waals surface area contributed by atoms with E-state index in [1.54, 1.807) is 0 Å². The molecule has 0 atom stereocenters. The molecule has 3 nitrogen and oxygen atoms in total. The fraction of sp³-hybridized carbons (Fsp3) is 0.500. The Morgan fingerprint density at radius 2 is 2.12 bits per heavy atom. The molecule has 3 heteroatoms. The van der Waals surface area contributed by atoms with Crippen molar-refractivity contribution < 1.29 is 9.90 Å². The van der Waals surface area contributed by atoms with Crippen molar-refractivity contribution in [1.29, 1.82) is 0 Å². The largest absolute Gasteiger partial charge is 0.481 e. The van der Waals surface area contributed by atoms with E-state index in [0.29, 0.717) is 6.42 Å². The number of carboxylic acids is 1. The van der Waals surface area contributed by atoms with Crippen LogP contribution in [0.3, 0.4) is 0 Å². The third-order valence-corrected chi connectivity index (χ3v) is 3.99. The number of anilines is 1. The zero-order valence-electron chi connectivity index (χ0n) is 9.85. The highest BCUT2D eigenvalue weighted by molar-refractivity contribution is 5.68. The van der Waals surface area contributed by atoms with E-state index in [1.165, 1.54) is 11.3 Å². The molecule has 1 saturated carbocycles. The van der Waals surface area contributed by atoms with E-state index in [-0.39, 0.29) is 5.41 Å². The zero-order valence-corrected chi connectivity index (χ0v) is 9.85. The minimum absolute atomic E-state index is 0.0588. The van der Waals surface area contributed by atoms with E-state index in [2.05, 4.69) is 29.2 Å². The smallest absolute Gasteiger partial charge is 0.303 e. The van der Waals surface area contributed by atoms with Crippen molar-refractivity contribution >= 4 is 11.7 Å². The van der Waals surface area contributed by atoms with E-state index in [1.807, 2.05) is 0 Å². The molecule has 0 amide bonds. The molecule has 3 rings (SSSR count). The van der Waals surface area contributed by atoms with Gasteiger partial charge in [0.2, 0.25) is 0 Å². The lowest BCUT2D eigenvalue weighted by Crippen LogP contribution is -2.30. The van der Waals surface area contributed by atoms with Crippen LogP contribution in [-0.2, 0) is 11.2 Å². The first-order chi connectivity index (χ1) is 8.19. The normalized spacial score (nSPS) is 20.1. The molecular formula is C14H17NO2. The van der Waals surface area contributed by atoms with Crippen LogP contribution in [0.4, 0.5) is 5.69 Å². The summed E-state index contributed by atoms with van der Waals surface area (Å²) in [4.78, 5) is 13.2. The molecule has 1 heterocycles. The molecule has 1 aromatic rings. The maximum Gasteiger partial charge on any atom is 0.303 e. The Balaban J connectivity index is 1.74. The van der Waals surface area contributed by atoms with E-state index in [9.17, 15) is 4.79 Å². The van der Waals surface area contributed by atoms with Crippen LogP contribution in [0, 0.1) is 5.41 Å². The molecule has 1 aliphatic heterocycles. The second kappa shape index (κ2) is 3.76. The van der Waals surface area contributed by atoms with Gasteiger partial charge in [0.25, 0.3) is 0 Å². The fourth-order valence-electron chi connectivity index (χ4n) is 2.86. The predicted molar refractivity (Wildman–Crippen MR) is 66.3 cm³/mol. The first-order valence-electron chi connectivity index (χ1n) is 6.23. The van der Waals surface area contributed by atoms with E-state index in [0.717, 1.165) is 32.4 Å². The van der Waals surface area contributed by atoms with Crippen LogP contribution in [0.2, 0.25) is 0 Å². The Morgan fingerprint density at radius 3 is 2.82 bits per heavy atom. The van der Waals surface area contributed by atoms with Gasteiger partial charge in [-0.3, -0.25) is 4.79 Å². The summed E-state index contributed by atoms with van der Waals surface area (Å²) in [6.45, 7) is 1.96. The van der Waals surface area contributed by atoms with Gasteiger partial charge >= 0.3 is 5.97 Å². The molecule has 0 aromatic heterocycles. The molecular weight excluding hydrogens is 214 g/mol. The average molecular weight is 231 g/mol. The van der Waals surface area contributed by atoms with Crippen LogP contribution >= 0.6 is 0 Å². The molecule has 0 spiro atoms. The fourth-order valence-corrected chi connectivity index (χ4v) is 2.86. The minimum Gasteiger partial charge on any atom is -0.481 e. The third-order valence-electron chi connectivity index (χ3n) is 3.99. The van der Waals surface area contributed by atoms with Crippen LogP contribution in [-0.4, -0.2) is 24.2 Å². The van der Waals surface area contributed by atoms with Crippen molar-refractivity contribution in [2.24, 2.45) is 5.41 Å². The van der Waals surface area contributed by atoms with Gasteiger partial charge in [0.05, 0.1) is 6.42 Å². The lowest BCUT2D eigenvalue weighted by Gasteiger charge is -2.24. The molecule has 1 aromatic carbocycles. The number of carbonyl (C=O) groups is 1. The predicted octanol–water partition coefficient (Wildman–Crippen LogP) is 2.30. The Kier molecular flexibility index (Phi) is 2.35. The zero-order chi connectivity index (χ0) is 11.9. The van der Waals surface area contributed by atoms with Gasteiger partial charge in [-0.1, -0.05) is 18.2 Å². The van der Waals surface area contributed by atoms with Crippen molar-refractivity contribution in [3.63, 3.8) is 0 Å². The number of carboxylic acid groups (broad SMARTS) is 1. The van der Waals surface area contributed by atoms with Crippen LogP contribution in [0.1, 0.15) is 24.8 Å². The number of hydrogen-bond acceptors (Lipinski definition) is 2. The number of para-hydroxylation sites is 1. The molecule has 2 aliphatic rings. The van der Waals surface area contributed by atoms with Gasteiger partial charge in [-0.2, -0.15) is 0 Å². The Labute approximate surface area is 101 Å². The number of benzene rings is 1. The Morgan fingerprint density at radius 1 is 1.35 bits per heavy atom. The van der Waals surface area contributed by atoms with E-state index >= 15 is 0 Å². The summed E-state index contributed by atoms with van der Waals surface area (Å²) < 4.78 is 0. The Hall–Kier alpha value is -1.51. The topological polar surface area (TPSA) is 40.5 Å². The van der Waals surface area contributed by atoms with Crippen LogP contribution in [0.15, 0.2) is 24.3 Å². The maximum atomic E-state index is 10.9. The van der Waals surface area contributed by atoms with Crippen LogP contribution < -0.4 is 4.90 Å². The van der Waals surface area contributed by atoms with Crippen molar-refractivity contribution in [1.82, 2.24) is 0 Å². The minimum atomic E-state index is -0.657. The van der Waals surface area contributed by atoms with E-state index in [4.69, 9.17) is 5.11 Å². The van der Waals surface area contributed by atoms with Gasteiger partial charge in [0, 0.05) is 18.8 Å². The molecule has 0 saturated heterocycles. The highest BCUT2D eigenvalue weighted by Gasteiger charge is 2.46. The number of rotatable bonds is 4. The summed E-state index contributed by atoms with van der Waals surface area (Å²) in [5.41, 5.74) is 2.77. The van der Waals surface area contributed by atoms with Crippen LogP contribution in [0.5, 0.6) is 0 Å². The van der Waals surface area contributed by atoms with Gasteiger partial charge < -0.3 is 10.0 Å². The molecule has 1 N–H and O–H groups in total. The molecule has 1 aliphatic carbocycles. The van der Waals surface area contributed by atoms with E-state index < -0.39 is 5.97 Å². The monoisotopic (exact) mass is 231 g/mol. The average Bonchev–Trinajstić information content (AvgIpc) is 2.91. The van der Waals surface area contributed by atoms with Gasteiger partial charge in [0.15, 0.2) is 0 Å². The summed E-state index contributed by atoms with van der Waals surface area (Å²) in [5.74, 6) is -0.657. The number of nitrogens with zero attached hydrogens (tertiary/aromatic N) is 1. The standard InChI is InChI=1S/C14H17NO2/c16-13(17)9-14(6-7-14)10-15-8-5-11-3-1-2-4-12(11)15/h1-4H,5-10H2,(H,16,17). The maximum absolute atomic E-state index is 10.9. The second-order valence-electron chi connectivity index (χ2n) is 5.37. The third kappa shape index (κ3) is 2.02. The molecule has 17 heavy (non-hydrogen) atoms. The number of fused-ring (bicyclic) bond motifs is 1. The first kappa shape index (κ1) is 10.6. The quantitative estimate of drug-likeness (QED) is 0.864. The lowest BCUT2D eigenvalue weighted by molar-refractivity contribution is -0.138. The summed E-state index contributed by atoms with van der Waals surface area (Å²) in [5, 5.41) is 8.94. The lowest BCUT2D eigenvalue weighted by atomic mass is 10.0. The first-order valence-corrected chi connectivity index (χ1v) is 6.23. The van der Waals surface area contributed by atoms with Crippen molar-refractivity contribution in [3.8, 4) is 0 Å². The molecule has 0 radical (unpaired) electrons. The van der Waals surface area contributed by atoms with Gasteiger partial charge in [-0.15, -0.1) is 0 Å². The second-order valence-corrected chi connectivity index (χ2v) is 5.37. The summed E-state index contributed by atoms with van der Waals surface area (Å²) in [7, 11) is 0. The van der Waals surface area contributed by atoms with Crippen molar-refractivity contribution in [3.05, 3.63) is 29.8 Å². The highest BCUT2D eigenvalue weighted by atomic mass is 16.4. The van der Waals surface area contributed by atoms with Crippen molar-refractivity contribution in [2.45, 2.75) is 25.7 Å². The van der Waals surface area contributed by atoms with Gasteiger partial charge in [-0.05, 0) is 36.3 Å². The summed E-state index contributed by atoms with van der Waals surface area (Å²) in [6.07, 6.45) is 3.56. The molecule has 90 valence electrons. The number of hydrogen-bond donors (Lipinski definition) is 1. The van der Waals surface area contributed by atoms with Crippen molar-refractivity contribution in [2.75, 3.05) is 18.0 Å². The summed E-state index contributed by atoms with van der Waals surface area (Å²) >= 11 is 0. The Bertz CT molecular complexity index is 451. The summed E-state index contributed by atoms with van der Waals surface area (Å²) in [6, 6.07) is 8.46. The number of aliphatic carboxylic acids is 1.